The van der Waals surface area contributed by atoms with Crippen molar-refractivity contribution in [2.75, 3.05) is 58.4 Å². The standard InChI is InChI=1S/C17H25ClN6OS/c1-22(2)12-3-5-23(6-4-12)11-13-19-14-15(24-7-9-25-10-8-24)20-17(18)21-16(14)26-13/h12H,3-11H2,1-2H3. The molecule has 26 heavy (non-hydrogen) atoms. The number of fused-ring (bicyclic) bond motifs is 1. The summed E-state index contributed by atoms with van der Waals surface area (Å²) < 4.78 is 5.45. The Kier molecular flexibility index (Phi) is 5.56. The molecule has 2 saturated heterocycles. The lowest BCUT2D eigenvalue weighted by Crippen LogP contribution is -2.41. The first-order chi connectivity index (χ1) is 12.6. The molecule has 0 aliphatic carbocycles. The molecule has 2 aliphatic rings. The number of likely N-dealkylation sites (tertiary alicyclic amines) is 1. The van der Waals surface area contributed by atoms with E-state index in [1.807, 2.05) is 0 Å². The molecular formula is C17H25ClN6OS. The summed E-state index contributed by atoms with van der Waals surface area (Å²) in [6.45, 7) is 6.15. The number of anilines is 1. The zero-order chi connectivity index (χ0) is 18.1. The first-order valence-electron chi connectivity index (χ1n) is 9.14. The topological polar surface area (TPSA) is 57.6 Å². The van der Waals surface area contributed by atoms with E-state index in [-0.39, 0.29) is 0 Å². The van der Waals surface area contributed by atoms with Gasteiger partial charge in [0.1, 0.15) is 10.5 Å². The van der Waals surface area contributed by atoms with Gasteiger partial charge in [-0.25, -0.2) is 9.97 Å². The number of hydrogen-bond donors (Lipinski definition) is 0. The fourth-order valence-electron chi connectivity index (χ4n) is 3.67. The highest BCUT2D eigenvalue weighted by molar-refractivity contribution is 7.18. The largest absolute Gasteiger partial charge is 0.378 e. The summed E-state index contributed by atoms with van der Waals surface area (Å²) in [6.07, 6.45) is 2.42. The molecular weight excluding hydrogens is 372 g/mol. The molecule has 2 aromatic rings. The van der Waals surface area contributed by atoms with Crippen molar-refractivity contribution >= 4 is 39.1 Å². The number of aromatic nitrogens is 3. The van der Waals surface area contributed by atoms with Crippen molar-refractivity contribution in [1.82, 2.24) is 24.8 Å². The van der Waals surface area contributed by atoms with Gasteiger partial charge in [0.25, 0.3) is 0 Å². The molecule has 0 N–H and O–H groups in total. The van der Waals surface area contributed by atoms with Crippen molar-refractivity contribution in [2.45, 2.75) is 25.4 Å². The van der Waals surface area contributed by atoms with Gasteiger partial charge in [-0.1, -0.05) is 11.3 Å². The van der Waals surface area contributed by atoms with Crippen LogP contribution in [0.15, 0.2) is 0 Å². The van der Waals surface area contributed by atoms with Crippen LogP contribution in [0.3, 0.4) is 0 Å². The average Bonchev–Trinajstić information content (AvgIpc) is 3.04. The number of piperidine rings is 1. The number of morpholine rings is 1. The lowest BCUT2D eigenvalue weighted by atomic mass is 10.0. The molecule has 0 bridgehead atoms. The molecule has 0 aromatic carbocycles. The second-order valence-electron chi connectivity index (χ2n) is 7.15. The number of thiazole rings is 1. The molecule has 0 spiro atoms. The molecule has 2 aliphatic heterocycles. The van der Waals surface area contributed by atoms with Crippen molar-refractivity contribution in [3.05, 3.63) is 10.3 Å². The number of hydrogen-bond acceptors (Lipinski definition) is 8. The van der Waals surface area contributed by atoms with Gasteiger partial charge in [-0.15, -0.1) is 0 Å². The molecule has 0 unspecified atom stereocenters. The lowest BCUT2D eigenvalue weighted by molar-refractivity contribution is 0.122. The van der Waals surface area contributed by atoms with E-state index in [2.05, 4.69) is 38.8 Å². The fraction of sp³-hybridized carbons (Fsp3) is 0.706. The van der Waals surface area contributed by atoms with Crippen LogP contribution >= 0.6 is 22.9 Å². The van der Waals surface area contributed by atoms with E-state index in [4.69, 9.17) is 21.3 Å². The average molecular weight is 397 g/mol. The molecule has 4 rings (SSSR count). The van der Waals surface area contributed by atoms with E-state index in [1.165, 1.54) is 12.8 Å². The Morgan fingerprint density at radius 1 is 1.12 bits per heavy atom. The highest BCUT2D eigenvalue weighted by atomic mass is 35.5. The van der Waals surface area contributed by atoms with Crippen LogP contribution in [0.4, 0.5) is 5.82 Å². The van der Waals surface area contributed by atoms with E-state index in [1.54, 1.807) is 11.3 Å². The van der Waals surface area contributed by atoms with Crippen LogP contribution in [0.1, 0.15) is 17.8 Å². The minimum absolute atomic E-state index is 0.293. The molecule has 7 nitrogen and oxygen atoms in total. The fourth-order valence-corrected chi connectivity index (χ4v) is 4.86. The summed E-state index contributed by atoms with van der Waals surface area (Å²) in [5.41, 5.74) is 0.875. The van der Waals surface area contributed by atoms with Gasteiger partial charge in [-0.2, -0.15) is 4.98 Å². The maximum atomic E-state index is 6.17. The van der Waals surface area contributed by atoms with Crippen LogP contribution in [0.2, 0.25) is 5.28 Å². The maximum Gasteiger partial charge on any atom is 0.225 e. The zero-order valence-electron chi connectivity index (χ0n) is 15.3. The highest BCUT2D eigenvalue weighted by Crippen LogP contribution is 2.30. The first-order valence-corrected chi connectivity index (χ1v) is 10.3. The second kappa shape index (κ2) is 7.90. The third kappa shape index (κ3) is 3.94. The first kappa shape index (κ1) is 18.3. The number of nitrogens with zero attached hydrogens (tertiary/aromatic N) is 6. The molecule has 0 radical (unpaired) electrons. The van der Waals surface area contributed by atoms with Gasteiger partial charge in [-0.05, 0) is 38.5 Å². The van der Waals surface area contributed by atoms with Crippen molar-refractivity contribution in [3.8, 4) is 0 Å². The second-order valence-corrected chi connectivity index (χ2v) is 8.55. The van der Waals surface area contributed by atoms with Gasteiger partial charge in [0, 0.05) is 32.2 Å². The van der Waals surface area contributed by atoms with E-state index in [9.17, 15) is 0 Å². The number of rotatable bonds is 4. The van der Waals surface area contributed by atoms with Crippen LogP contribution in [-0.2, 0) is 11.3 Å². The Labute approximate surface area is 162 Å². The van der Waals surface area contributed by atoms with Gasteiger partial charge < -0.3 is 14.5 Å². The van der Waals surface area contributed by atoms with Crippen LogP contribution in [-0.4, -0.2) is 84.3 Å². The molecule has 0 saturated carbocycles. The van der Waals surface area contributed by atoms with Gasteiger partial charge >= 0.3 is 0 Å². The summed E-state index contributed by atoms with van der Waals surface area (Å²) in [6, 6.07) is 0.694. The van der Waals surface area contributed by atoms with Gasteiger partial charge in [0.05, 0.1) is 19.8 Å². The summed E-state index contributed by atoms with van der Waals surface area (Å²) in [4.78, 5) is 21.7. The number of halogens is 1. The van der Waals surface area contributed by atoms with Crippen LogP contribution in [0.25, 0.3) is 10.3 Å². The Morgan fingerprint density at radius 3 is 2.54 bits per heavy atom. The van der Waals surface area contributed by atoms with Crippen molar-refractivity contribution in [1.29, 1.82) is 0 Å². The van der Waals surface area contributed by atoms with Gasteiger partial charge in [0.15, 0.2) is 10.6 Å². The van der Waals surface area contributed by atoms with Gasteiger partial charge in [-0.3, -0.25) is 4.90 Å². The third-order valence-corrected chi connectivity index (χ3v) is 6.32. The normalized spacial score (nSPS) is 20.4. The smallest absolute Gasteiger partial charge is 0.225 e. The molecule has 2 fully saturated rings. The molecule has 4 heterocycles. The summed E-state index contributed by atoms with van der Waals surface area (Å²) in [7, 11) is 4.34. The summed E-state index contributed by atoms with van der Waals surface area (Å²) in [5.74, 6) is 0.845. The SMILES string of the molecule is CN(C)C1CCN(Cc2nc3c(N4CCOCC4)nc(Cl)nc3s2)CC1. The Bertz CT molecular complexity index is 755. The highest BCUT2D eigenvalue weighted by Gasteiger charge is 2.23. The van der Waals surface area contributed by atoms with Crippen LogP contribution in [0, 0.1) is 0 Å². The van der Waals surface area contributed by atoms with E-state index in [0.29, 0.717) is 24.5 Å². The summed E-state index contributed by atoms with van der Waals surface area (Å²) in [5, 5.41) is 1.38. The quantitative estimate of drug-likeness (QED) is 0.733. The minimum Gasteiger partial charge on any atom is -0.378 e. The van der Waals surface area contributed by atoms with Crippen LogP contribution < -0.4 is 4.90 Å². The lowest BCUT2D eigenvalue weighted by Gasteiger charge is -2.34. The molecule has 0 atom stereocenters. The molecule has 0 amide bonds. The van der Waals surface area contributed by atoms with Crippen molar-refractivity contribution in [2.24, 2.45) is 0 Å². The van der Waals surface area contributed by atoms with Crippen molar-refractivity contribution < 1.29 is 4.74 Å². The third-order valence-electron chi connectivity index (χ3n) is 5.21. The van der Waals surface area contributed by atoms with Crippen molar-refractivity contribution in [3.63, 3.8) is 0 Å². The minimum atomic E-state index is 0.293. The zero-order valence-corrected chi connectivity index (χ0v) is 16.9. The Hall–Kier alpha value is -1.06. The van der Waals surface area contributed by atoms with E-state index in [0.717, 1.165) is 53.9 Å². The van der Waals surface area contributed by atoms with E-state index < -0.39 is 0 Å². The van der Waals surface area contributed by atoms with E-state index >= 15 is 0 Å². The molecule has 2 aromatic heterocycles. The predicted molar refractivity (Wildman–Crippen MR) is 105 cm³/mol. The summed E-state index contributed by atoms with van der Waals surface area (Å²) >= 11 is 7.81. The Morgan fingerprint density at radius 2 is 1.85 bits per heavy atom. The van der Waals surface area contributed by atoms with Gasteiger partial charge in [0.2, 0.25) is 5.28 Å². The van der Waals surface area contributed by atoms with Crippen LogP contribution in [0.5, 0.6) is 0 Å². The molecule has 142 valence electrons. The Balaban J connectivity index is 1.52. The maximum absolute atomic E-state index is 6.17. The molecule has 9 heteroatoms. The number of ether oxygens (including phenoxy) is 1. The monoisotopic (exact) mass is 396 g/mol. The predicted octanol–water partition coefficient (Wildman–Crippen LogP) is 2.10.